The molecule has 0 fully saturated rings. The Hall–Kier alpha value is -1.66. The fourth-order valence-corrected chi connectivity index (χ4v) is 1.98. The van der Waals surface area contributed by atoms with Crippen LogP contribution in [0, 0.1) is 5.82 Å². The van der Waals surface area contributed by atoms with Crippen LogP contribution in [-0.4, -0.2) is 50.6 Å². The lowest BCUT2D eigenvalue weighted by atomic mass is 10.1. The average Bonchev–Trinajstić information content (AvgIpc) is 2.46. The number of ether oxygens (including phenoxy) is 2. The summed E-state index contributed by atoms with van der Waals surface area (Å²) in [4.78, 5) is 12.9. The van der Waals surface area contributed by atoms with E-state index in [-0.39, 0.29) is 11.3 Å². The van der Waals surface area contributed by atoms with Crippen LogP contribution >= 0.6 is 0 Å². The molecule has 0 saturated heterocycles. The number of aromatic carboxylic acids is 1. The predicted molar refractivity (Wildman–Crippen MR) is 78.6 cm³/mol. The van der Waals surface area contributed by atoms with Gasteiger partial charge in [0.1, 0.15) is 5.82 Å². The second-order valence-corrected chi connectivity index (χ2v) is 4.32. The van der Waals surface area contributed by atoms with Gasteiger partial charge in [-0.05, 0) is 26.0 Å². The summed E-state index contributed by atoms with van der Waals surface area (Å²) in [6, 6.07) is 4.05. The average molecular weight is 299 g/mol. The number of carboxylic acid groups (broad SMARTS) is 1. The van der Waals surface area contributed by atoms with Crippen molar-refractivity contribution < 1.29 is 23.8 Å². The zero-order valence-corrected chi connectivity index (χ0v) is 12.5. The molecule has 1 aromatic carbocycles. The second kappa shape index (κ2) is 9.31. The topological polar surface area (TPSA) is 59.0 Å². The molecule has 0 amide bonds. The fraction of sp³-hybridized carbons (Fsp3) is 0.533. The number of carbonyl (C=O) groups is 1. The Kier molecular flexibility index (Phi) is 7.71. The van der Waals surface area contributed by atoms with E-state index in [1.54, 1.807) is 4.90 Å². The SMILES string of the molecule is CCOCCN(CCOCC)c1c(F)cccc1C(=O)O. The highest BCUT2D eigenvalue weighted by Gasteiger charge is 2.20. The lowest BCUT2D eigenvalue weighted by Gasteiger charge is -2.26. The van der Waals surface area contributed by atoms with Crippen molar-refractivity contribution in [3.05, 3.63) is 29.6 Å². The van der Waals surface area contributed by atoms with Crippen molar-refractivity contribution in [2.24, 2.45) is 0 Å². The molecule has 0 radical (unpaired) electrons. The molecule has 0 bridgehead atoms. The van der Waals surface area contributed by atoms with Crippen LogP contribution in [0.2, 0.25) is 0 Å². The van der Waals surface area contributed by atoms with E-state index in [1.165, 1.54) is 18.2 Å². The van der Waals surface area contributed by atoms with Crippen LogP contribution < -0.4 is 4.90 Å². The van der Waals surface area contributed by atoms with E-state index >= 15 is 0 Å². The molecule has 118 valence electrons. The number of halogens is 1. The third kappa shape index (κ3) is 5.32. The second-order valence-electron chi connectivity index (χ2n) is 4.32. The third-order valence-electron chi connectivity index (χ3n) is 2.95. The minimum atomic E-state index is -1.15. The third-order valence-corrected chi connectivity index (χ3v) is 2.95. The van der Waals surface area contributed by atoms with Gasteiger partial charge in [0.2, 0.25) is 0 Å². The zero-order valence-electron chi connectivity index (χ0n) is 12.5. The lowest BCUT2D eigenvalue weighted by molar-refractivity contribution is 0.0696. The molecule has 5 nitrogen and oxygen atoms in total. The summed E-state index contributed by atoms with van der Waals surface area (Å²) in [6.07, 6.45) is 0. The van der Waals surface area contributed by atoms with Crippen LogP contribution in [0.1, 0.15) is 24.2 Å². The van der Waals surface area contributed by atoms with Gasteiger partial charge in [-0.25, -0.2) is 9.18 Å². The Balaban J connectivity index is 2.97. The molecule has 1 rings (SSSR count). The van der Waals surface area contributed by atoms with Crippen molar-refractivity contribution in [3.63, 3.8) is 0 Å². The van der Waals surface area contributed by atoms with Gasteiger partial charge in [0.05, 0.1) is 24.5 Å². The van der Waals surface area contributed by atoms with Crippen LogP contribution in [0.25, 0.3) is 0 Å². The number of rotatable bonds is 10. The van der Waals surface area contributed by atoms with Gasteiger partial charge in [0, 0.05) is 26.3 Å². The number of hydrogen-bond acceptors (Lipinski definition) is 4. The Bertz CT molecular complexity index is 443. The van der Waals surface area contributed by atoms with Gasteiger partial charge in [0.15, 0.2) is 0 Å². The molecule has 0 aromatic heterocycles. The van der Waals surface area contributed by atoms with Crippen LogP contribution in [0.4, 0.5) is 10.1 Å². The Morgan fingerprint density at radius 3 is 2.24 bits per heavy atom. The molecule has 0 spiro atoms. The number of para-hydroxylation sites is 1. The molecule has 0 heterocycles. The van der Waals surface area contributed by atoms with Crippen molar-refractivity contribution in [1.29, 1.82) is 0 Å². The van der Waals surface area contributed by atoms with Crippen LogP contribution in [0.3, 0.4) is 0 Å². The highest BCUT2D eigenvalue weighted by molar-refractivity contribution is 5.94. The van der Waals surface area contributed by atoms with Crippen LogP contribution in [0.5, 0.6) is 0 Å². The van der Waals surface area contributed by atoms with Gasteiger partial charge in [-0.15, -0.1) is 0 Å². The van der Waals surface area contributed by atoms with Crippen molar-refractivity contribution in [3.8, 4) is 0 Å². The van der Waals surface area contributed by atoms with Crippen molar-refractivity contribution in [2.75, 3.05) is 44.4 Å². The first kappa shape index (κ1) is 17.4. The van der Waals surface area contributed by atoms with Gasteiger partial charge in [-0.2, -0.15) is 0 Å². The predicted octanol–water partition coefficient (Wildman–Crippen LogP) is 2.40. The monoisotopic (exact) mass is 299 g/mol. The molecule has 0 unspecified atom stereocenters. The highest BCUT2D eigenvalue weighted by atomic mass is 19.1. The minimum absolute atomic E-state index is 0.0528. The number of anilines is 1. The largest absolute Gasteiger partial charge is 0.478 e. The van der Waals surface area contributed by atoms with E-state index in [0.717, 1.165) is 0 Å². The molecular formula is C15H22FNO4. The van der Waals surface area contributed by atoms with Crippen LogP contribution in [0.15, 0.2) is 18.2 Å². The van der Waals surface area contributed by atoms with Crippen molar-refractivity contribution in [1.82, 2.24) is 0 Å². The maximum absolute atomic E-state index is 14.1. The molecule has 0 aliphatic carbocycles. The maximum Gasteiger partial charge on any atom is 0.337 e. The Morgan fingerprint density at radius 1 is 1.19 bits per heavy atom. The maximum atomic E-state index is 14.1. The molecule has 21 heavy (non-hydrogen) atoms. The summed E-state index contributed by atoms with van der Waals surface area (Å²) in [5.41, 5.74) is 0.0346. The summed E-state index contributed by atoms with van der Waals surface area (Å²) in [7, 11) is 0. The quantitative estimate of drug-likeness (QED) is 0.672. The van der Waals surface area contributed by atoms with E-state index in [4.69, 9.17) is 9.47 Å². The number of benzene rings is 1. The normalized spacial score (nSPS) is 10.6. The summed E-state index contributed by atoms with van der Waals surface area (Å²) in [5.74, 6) is -1.70. The van der Waals surface area contributed by atoms with Gasteiger partial charge in [0.25, 0.3) is 0 Å². The van der Waals surface area contributed by atoms with E-state index < -0.39 is 11.8 Å². The summed E-state index contributed by atoms with van der Waals surface area (Å²) in [6.45, 7) is 6.47. The van der Waals surface area contributed by atoms with Gasteiger partial charge in [-0.1, -0.05) is 6.07 Å². The van der Waals surface area contributed by atoms with Crippen molar-refractivity contribution in [2.45, 2.75) is 13.8 Å². The molecule has 0 aliphatic rings. The first-order valence-corrected chi connectivity index (χ1v) is 7.04. The Morgan fingerprint density at radius 2 is 1.76 bits per heavy atom. The van der Waals surface area contributed by atoms with Gasteiger partial charge < -0.3 is 19.5 Å². The number of nitrogens with zero attached hydrogens (tertiary/aromatic N) is 1. The first-order chi connectivity index (χ1) is 10.1. The summed E-state index contributed by atoms with van der Waals surface area (Å²) >= 11 is 0. The molecular weight excluding hydrogens is 277 g/mol. The fourth-order valence-electron chi connectivity index (χ4n) is 1.98. The standard InChI is InChI=1S/C15H22FNO4/c1-3-20-10-8-17(9-11-21-4-2)14-12(15(18)19)6-5-7-13(14)16/h5-7H,3-4,8-11H2,1-2H3,(H,18,19). The first-order valence-electron chi connectivity index (χ1n) is 7.04. The van der Waals surface area contributed by atoms with E-state index in [9.17, 15) is 14.3 Å². The van der Waals surface area contributed by atoms with E-state index in [1.807, 2.05) is 13.8 Å². The van der Waals surface area contributed by atoms with Gasteiger partial charge in [-0.3, -0.25) is 0 Å². The highest BCUT2D eigenvalue weighted by Crippen LogP contribution is 2.24. The minimum Gasteiger partial charge on any atom is -0.478 e. The smallest absolute Gasteiger partial charge is 0.337 e. The summed E-state index contributed by atoms with van der Waals surface area (Å²) < 4.78 is 24.7. The van der Waals surface area contributed by atoms with E-state index in [2.05, 4.69) is 0 Å². The Labute approximate surface area is 124 Å². The van der Waals surface area contributed by atoms with E-state index in [0.29, 0.717) is 39.5 Å². The van der Waals surface area contributed by atoms with Crippen molar-refractivity contribution >= 4 is 11.7 Å². The molecule has 0 atom stereocenters. The zero-order chi connectivity index (χ0) is 15.7. The number of hydrogen-bond donors (Lipinski definition) is 1. The summed E-state index contributed by atoms with van der Waals surface area (Å²) in [5, 5.41) is 9.23. The van der Waals surface area contributed by atoms with Crippen LogP contribution in [-0.2, 0) is 9.47 Å². The number of carboxylic acids is 1. The lowest BCUT2D eigenvalue weighted by Crippen LogP contribution is -2.33. The molecule has 0 saturated carbocycles. The molecule has 6 heteroatoms. The molecule has 1 aromatic rings. The van der Waals surface area contributed by atoms with Gasteiger partial charge >= 0.3 is 5.97 Å². The molecule has 0 aliphatic heterocycles. The molecule has 1 N–H and O–H groups in total.